The lowest BCUT2D eigenvalue weighted by Crippen LogP contribution is -2.43. The Balaban J connectivity index is 1.69. The number of rotatable bonds is 3. The average Bonchev–Trinajstić information content (AvgIpc) is 3.05. The van der Waals surface area contributed by atoms with Crippen molar-refractivity contribution in [2.24, 2.45) is 0 Å². The Labute approximate surface area is 135 Å². The Morgan fingerprint density at radius 2 is 1.74 bits per heavy atom. The molecule has 1 N–H and O–H groups in total. The normalized spacial score (nSPS) is 15.0. The molecule has 1 aromatic carbocycles. The highest BCUT2D eigenvalue weighted by Crippen LogP contribution is 2.21. The summed E-state index contributed by atoms with van der Waals surface area (Å²) >= 11 is 0. The fourth-order valence-corrected chi connectivity index (χ4v) is 2.95. The molecule has 1 saturated heterocycles. The first-order valence-electron chi connectivity index (χ1n) is 7.88. The molecule has 5 nitrogen and oxygen atoms in total. The van der Waals surface area contributed by atoms with Crippen LogP contribution in [-0.2, 0) is 0 Å². The highest BCUT2D eigenvalue weighted by Gasteiger charge is 2.11. The number of pyridine rings is 1. The maximum Gasteiger partial charge on any atom is 0.163 e. The topological polar surface area (TPSA) is 46.0 Å². The van der Waals surface area contributed by atoms with Gasteiger partial charge in [-0.15, -0.1) is 0 Å². The number of piperazine rings is 1. The fourth-order valence-electron chi connectivity index (χ4n) is 2.95. The predicted octanol–water partition coefficient (Wildman–Crippen LogP) is 2.47. The largest absolute Gasteiger partial charge is 0.369 e. The standard InChI is InChI=1S/C18H19N5/c1-2-15-4-3-14-13-20-23(18(14)21-15)17-7-5-16(6-8-17)22-11-9-19-10-12-22/h2-8,13,19H,1,9-12H2. The van der Waals surface area contributed by atoms with Gasteiger partial charge in [0.25, 0.3) is 0 Å². The van der Waals surface area contributed by atoms with Crippen molar-refractivity contribution in [3.8, 4) is 5.69 Å². The van der Waals surface area contributed by atoms with Crippen LogP contribution in [0.4, 0.5) is 5.69 Å². The van der Waals surface area contributed by atoms with Crippen LogP contribution in [0.2, 0.25) is 0 Å². The summed E-state index contributed by atoms with van der Waals surface area (Å²) in [5, 5.41) is 8.89. The molecule has 0 aliphatic carbocycles. The summed E-state index contributed by atoms with van der Waals surface area (Å²) in [6.07, 6.45) is 3.60. The molecular formula is C18H19N5. The summed E-state index contributed by atoms with van der Waals surface area (Å²) in [5.74, 6) is 0. The lowest BCUT2D eigenvalue weighted by atomic mass is 10.2. The summed E-state index contributed by atoms with van der Waals surface area (Å²) in [6, 6.07) is 12.5. The summed E-state index contributed by atoms with van der Waals surface area (Å²) in [6.45, 7) is 7.97. The van der Waals surface area contributed by atoms with Gasteiger partial charge in [0.2, 0.25) is 0 Å². The van der Waals surface area contributed by atoms with Gasteiger partial charge in [0, 0.05) is 37.3 Å². The maximum absolute atomic E-state index is 4.61. The Kier molecular flexibility index (Phi) is 3.55. The number of hydrogen-bond acceptors (Lipinski definition) is 4. The minimum absolute atomic E-state index is 0.858. The van der Waals surface area contributed by atoms with Gasteiger partial charge in [-0.1, -0.05) is 6.58 Å². The van der Waals surface area contributed by atoms with Crippen LogP contribution >= 0.6 is 0 Å². The van der Waals surface area contributed by atoms with Gasteiger partial charge in [-0.05, 0) is 42.5 Å². The Morgan fingerprint density at radius 3 is 2.48 bits per heavy atom. The van der Waals surface area contributed by atoms with E-state index in [1.165, 1.54) is 5.69 Å². The molecule has 2 aromatic heterocycles. The van der Waals surface area contributed by atoms with Crippen LogP contribution in [0.25, 0.3) is 22.8 Å². The summed E-state index contributed by atoms with van der Waals surface area (Å²) < 4.78 is 1.88. The molecule has 0 radical (unpaired) electrons. The summed E-state index contributed by atoms with van der Waals surface area (Å²) in [4.78, 5) is 7.00. The monoisotopic (exact) mass is 305 g/mol. The van der Waals surface area contributed by atoms with Gasteiger partial charge in [-0.3, -0.25) is 0 Å². The number of hydrogen-bond donors (Lipinski definition) is 1. The highest BCUT2D eigenvalue weighted by atomic mass is 15.3. The number of benzene rings is 1. The third-order valence-corrected chi connectivity index (χ3v) is 4.23. The zero-order chi connectivity index (χ0) is 15.6. The van der Waals surface area contributed by atoms with E-state index in [0.29, 0.717) is 0 Å². The molecule has 4 rings (SSSR count). The van der Waals surface area contributed by atoms with Crippen molar-refractivity contribution in [1.29, 1.82) is 0 Å². The highest BCUT2D eigenvalue weighted by molar-refractivity contribution is 5.77. The molecule has 0 saturated carbocycles. The molecular weight excluding hydrogens is 286 g/mol. The zero-order valence-electron chi connectivity index (χ0n) is 12.9. The van der Waals surface area contributed by atoms with Crippen LogP contribution in [0.3, 0.4) is 0 Å². The molecule has 0 bridgehead atoms. The number of fused-ring (bicyclic) bond motifs is 1. The van der Waals surface area contributed by atoms with E-state index in [9.17, 15) is 0 Å². The SMILES string of the molecule is C=Cc1ccc2cnn(-c3ccc(N4CCNCC4)cc3)c2n1. The van der Waals surface area contributed by atoms with E-state index < -0.39 is 0 Å². The van der Waals surface area contributed by atoms with Gasteiger partial charge in [0.15, 0.2) is 5.65 Å². The van der Waals surface area contributed by atoms with Crippen LogP contribution in [0, 0.1) is 0 Å². The van der Waals surface area contributed by atoms with Gasteiger partial charge in [-0.2, -0.15) is 5.10 Å². The molecule has 1 aliphatic heterocycles. The first-order valence-corrected chi connectivity index (χ1v) is 7.88. The second-order valence-electron chi connectivity index (χ2n) is 5.66. The minimum Gasteiger partial charge on any atom is -0.369 e. The zero-order valence-corrected chi connectivity index (χ0v) is 12.9. The third-order valence-electron chi connectivity index (χ3n) is 4.23. The molecule has 0 spiro atoms. The first-order chi connectivity index (χ1) is 11.3. The summed E-state index contributed by atoms with van der Waals surface area (Å²) in [7, 11) is 0. The van der Waals surface area contributed by atoms with Gasteiger partial charge >= 0.3 is 0 Å². The van der Waals surface area contributed by atoms with E-state index in [-0.39, 0.29) is 0 Å². The number of anilines is 1. The van der Waals surface area contributed by atoms with E-state index in [4.69, 9.17) is 0 Å². The van der Waals surface area contributed by atoms with Crippen molar-refractivity contribution in [3.05, 3.63) is 54.9 Å². The predicted molar refractivity (Wildman–Crippen MR) is 94.0 cm³/mol. The molecule has 3 aromatic rings. The quantitative estimate of drug-likeness (QED) is 0.807. The maximum atomic E-state index is 4.61. The van der Waals surface area contributed by atoms with Crippen molar-refractivity contribution < 1.29 is 0 Å². The van der Waals surface area contributed by atoms with Gasteiger partial charge in [0.05, 0.1) is 17.6 Å². The van der Waals surface area contributed by atoms with Crippen molar-refractivity contribution >= 4 is 22.8 Å². The van der Waals surface area contributed by atoms with E-state index in [0.717, 1.165) is 48.6 Å². The average molecular weight is 305 g/mol. The molecule has 1 fully saturated rings. The van der Waals surface area contributed by atoms with Crippen LogP contribution in [0.1, 0.15) is 5.69 Å². The lowest BCUT2D eigenvalue weighted by Gasteiger charge is -2.29. The molecule has 116 valence electrons. The Morgan fingerprint density at radius 1 is 1.00 bits per heavy atom. The van der Waals surface area contributed by atoms with Crippen LogP contribution < -0.4 is 10.2 Å². The van der Waals surface area contributed by atoms with Gasteiger partial charge < -0.3 is 10.2 Å². The number of aromatic nitrogens is 3. The molecule has 3 heterocycles. The van der Waals surface area contributed by atoms with E-state index in [2.05, 4.69) is 51.1 Å². The first kappa shape index (κ1) is 14.0. The van der Waals surface area contributed by atoms with Crippen molar-refractivity contribution in [2.75, 3.05) is 31.1 Å². The second-order valence-corrected chi connectivity index (χ2v) is 5.66. The molecule has 0 unspecified atom stereocenters. The van der Waals surface area contributed by atoms with Crippen molar-refractivity contribution in [3.63, 3.8) is 0 Å². The van der Waals surface area contributed by atoms with Gasteiger partial charge in [-0.25, -0.2) is 9.67 Å². The molecule has 0 amide bonds. The summed E-state index contributed by atoms with van der Waals surface area (Å²) in [5.41, 5.74) is 3.99. The molecule has 0 atom stereocenters. The Bertz CT molecular complexity index is 828. The van der Waals surface area contributed by atoms with Crippen molar-refractivity contribution in [2.45, 2.75) is 0 Å². The van der Waals surface area contributed by atoms with E-state index in [1.807, 2.05) is 23.0 Å². The fraction of sp³-hybridized carbons (Fsp3) is 0.222. The number of nitrogens with one attached hydrogen (secondary N) is 1. The van der Waals surface area contributed by atoms with Crippen molar-refractivity contribution in [1.82, 2.24) is 20.1 Å². The molecule has 5 heteroatoms. The molecule has 23 heavy (non-hydrogen) atoms. The van der Waals surface area contributed by atoms with Crippen LogP contribution in [0.15, 0.2) is 49.2 Å². The van der Waals surface area contributed by atoms with E-state index >= 15 is 0 Å². The lowest BCUT2D eigenvalue weighted by molar-refractivity contribution is 0.589. The third kappa shape index (κ3) is 2.59. The Hall–Kier alpha value is -2.66. The van der Waals surface area contributed by atoms with E-state index in [1.54, 1.807) is 6.08 Å². The second kappa shape index (κ2) is 5.85. The smallest absolute Gasteiger partial charge is 0.163 e. The minimum atomic E-state index is 0.858. The van der Waals surface area contributed by atoms with Crippen LogP contribution in [-0.4, -0.2) is 40.9 Å². The number of nitrogens with zero attached hydrogens (tertiary/aromatic N) is 4. The molecule has 1 aliphatic rings. The van der Waals surface area contributed by atoms with Gasteiger partial charge in [0.1, 0.15) is 0 Å². The van der Waals surface area contributed by atoms with Crippen LogP contribution in [0.5, 0.6) is 0 Å².